The molecule has 0 aromatic carbocycles. The van der Waals surface area contributed by atoms with Crippen molar-refractivity contribution in [2.45, 2.75) is 12.5 Å². The van der Waals surface area contributed by atoms with E-state index >= 15 is 0 Å². The molecule has 70 valence electrons. The van der Waals surface area contributed by atoms with Crippen molar-refractivity contribution in [1.82, 2.24) is 0 Å². The molecule has 0 aromatic heterocycles. The van der Waals surface area contributed by atoms with E-state index in [0.717, 1.165) is 6.08 Å². The molecule has 0 aromatic rings. The minimum atomic E-state index is -1.00. The second-order valence-corrected chi connectivity index (χ2v) is 3.19. The second kappa shape index (κ2) is 3.58. The van der Waals surface area contributed by atoms with Crippen LogP contribution in [0.15, 0.2) is 36.5 Å². The van der Waals surface area contributed by atoms with Crippen molar-refractivity contribution >= 4 is 5.97 Å². The Morgan fingerprint density at radius 3 is 2.77 bits per heavy atom. The summed E-state index contributed by atoms with van der Waals surface area (Å²) in [4.78, 5) is 10.2. The zero-order valence-corrected chi connectivity index (χ0v) is 7.34. The number of aliphatic carboxylic acids is 1. The Morgan fingerprint density at radius 2 is 2.23 bits per heavy atom. The lowest BCUT2D eigenvalue weighted by Crippen LogP contribution is -2.31. The largest absolute Gasteiger partial charge is 0.478 e. The summed E-state index contributed by atoms with van der Waals surface area (Å²) in [6.07, 6.45) is 9.45. The molecule has 0 aliphatic heterocycles. The fourth-order valence-corrected chi connectivity index (χ4v) is 1.19. The first-order valence-electron chi connectivity index (χ1n) is 4.02. The molecule has 3 heteroatoms. The Bertz CT molecular complexity index is 285. The number of hydrogen-bond donors (Lipinski definition) is 2. The highest BCUT2D eigenvalue weighted by molar-refractivity contribution is 5.79. The minimum absolute atomic E-state index is 0.270. The van der Waals surface area contributed by atoms with Crippen LogP contribution in [0.25, 0.3) is 0 Å². The first-order chi connectivity index (χ1) is 6.02. The van der Waals surface area contributed by atoms with Crippen LogP contribution >= 0.6 is 0 Å². The smallest absolute Gasteiger partial charge is 0.327 e. The summed E-state index contributed by atoms with van der Waals surface area (Å²) in [5.41, 5.74) is -0.985. The van der Waals surface area contributed by atoms with Gasteiger partial charge >= 0.3 is 5.97 Å². The number of hydrogen-bond acceptors (Lipinski definition) is 2. The van der Waals surface area contributed by atoms with Crippen molar-refractivity contribution < 1.29 is 15.0 Å². The van der Waals surface area contributed by atoms with E-state index < -0.39 is 11.6 Å². The molecule has 1 aliphatic carbocycles. The highest BCUT2D eigenvalue weighted by Gasteiger charge is 2.26. The fraction of sp³-hybridized carbons (Fsp3) is 0.300. The van der Waals surface area contributed by atoms with Crippen LogP contribution in [-0.2, 0) is 4.79 Å². The highest BCUT2D eigenvalue weighted by atomic mass is 16.4. The van der Waals surface area contributed by atoms with Gasteiger partial charge in [-0.25, -0.2) is 4.79 Å². The molecule has 13 heavy (non-hydrogen) atoms. The molecule has 0 radical (unpaired) electrons. The SMILES string of the molecule is C[C@]1(O)C=CC=C[C@@H]1/C=C\C(=O)O. The maximum Gasteiger partial charge on any atom is 0.327 e. The average molecular weight is 180 g/mol. The molecule has 0 heterocycles. The number of aliphatic hydroxyl groups is 1. The summed E-state index contributed by atoms with van der Waals surface area (Å²) in [5.74, 6) is -1.27. The van der Waals surface area contributed by atoms with Gasteiger partial charge in [0.25, 0.3) is 0 Å². The van der Waals surface area contributed by atoms with Gasteiger partial charge in [0.05, 0.1) is 5.60 Å². The number of allylic oxidation sites excluding steroid dienone is 2. The number of carboxylic acids is 1. The van der Waals surface area contributed by atoms with Crippen LogP contribution in [0.5, 0.6) is 0 Å². The molecular weight excluding hydrogens is 168 g/mol. The zero-order valence-electron chi connectivity index (χ0n) is 7.34. The minimum Gasteiger partial charge on any atom is -0.478 e. The summed E-state index contributed by atoms with van der Waals surface area (Å²) < 4.78 is 0. The van der Waals surface area contributed by atoms with Crippen LogP contribution in [0.3, 0.4) is 0 Å². The molecule has 0 unspecified atom stereocenters. The Labute approximate surface area is 76.7 Å². The second-order valence-electron chi connectivity index (χ2n) is 3.19. The summed E-state index contributed by atoms with van der Waals surface area (Å²) in [6, 6.07) is 0. The van der Waals surface area contributed by atoms with E-state index in [4.69, 9.17) is 5.11 Å². The quantitative estimate of drug-likeness (QED) is 0.626. The number of carbonyl (C=O) groups is 1. The van der Waals surface area contributed by atoms with E-state index in [2.05, 4.69) is 0 Å². The molecule has 2 N–H and O–H groups in total. The zero-order chi connectivity index (χ0) is 9.90. The third-order valence-corrected chi connectivity index (χ3v) is 1.98. The maximum absolute atomic E-state index is 10.2. The molecule has 0 spiro atoms. The standard InChI is InChI=1S/C10H12O3/c1-10(13)7-3-2-4-8(10)5-6-9(11)12/h2-8,13H,1H3,(H,11,12)/b6-5-/t8-,10+/m1/s1. The first kappa shape index (κ1) is 9.74. The lowest BCUT2D eigenvalue weighted by molar-refractivity contribution is -0.131. The van der Waals surface area contributed by atoms with E-state index in [1.54, 1.807) is 31.2 Å². The van der Waals surface area contributed by atoms with Crippen LogP contribution in [0.4, 0.5) is 0 Å². The Morgan fingerprint density at radius 1 is 1.54 bits per heavy atom. The molecule has 1 rings (SSSR count). The van der Waals surface area contributed by atoms with E-state index in [0.29, 0.717) is 0 Å². The Kier molecular flexibility index (Phi) is 2.68. The van der Waals surface area contributed by atoms with E-state index in [1.165, 1.54) is 6.08 Å². The third-order valence-electron chi connectivity index (χ3n) is 1.98. The van der Waals surface area contributed by atoms with Crippen LogP contribution in [0, 0.1) is 5.92 Å². The average Bonchev–Trinajstić information content (AvgIpc) is 2.01. The summed E-state index contributed by atoms with van der Waals surface area (Å²) >= 11 is 0. The van der Waals surface area contributed by atoms with Crippen molar-refractivity contribution in [2.75, 3.05) is 0 Å². The molecular formula is C10H12O3. The van der Waals surface area contributed by atoms with Gasteiger partial charge in [0.2, 0.25) is 0 Å². The van der Waals surface area contributed by atoms with Gasteiger partial charge < -0.3 is 10.2 Å². The lowest BCUT2D eigenvalue weighted by Gasteiger charge is -2.27. The predicted molar refractivity (Wildman–Crippen MR) is 49.2 cm³/mol. The topological polar surface area (TPSA) is 57.5 Å². The fourth-order valence-electron chi connectivity index (χ4n) is 1.19. The Balaban J connectivity index is 2.75. The van der Waals surface area contributed by atoms with Gasteiger partial charge in [-0.1, -0.05) is 30.4 Å². The van der Waals surface area contributed by atoms with E-state index in [9.17, 15) is 9.90 Å². The van der Waals surface area contributed by atoms with Gasteiger partial charge in [-0.3, -0.25) is 0 Å². The van der Waals surface area contributed by atoms with E-state index in [-0.39, 0.29) is 5.92 Å². The maximum atomic E-state index is 10.2. The van der Waals surface area contributed by atoms with Crippen molar-refractivity contribution in [3.8, 4) is 0 Å². The Hall–Kier alpha value is -1.35. The summed E-state index contributed by atoms with van der Waals surface area (Å²) in [7, 11) is 0. The van der Waals surface area contributed by atoms with Crippen LogP contribution in [-0.4, -0.2) is 21.8 Å². The molecule has 3 nitrogen and oxygen atoms in total. The molecule has 0 saturated carbocycles. The highest BCUT2D eigenvalue weighted by Crippen LogP contribution is 2.24. The molecule has 0 amide bonds. The molecule has 0 saturated heterocycles. The summed E-state index contributed by atoms with van der Waals surface area (Å²) in [6.45, 7) is 1.64. The molecule has 2 atom stereocenters. The monoisotopic (exact) mass is 180 g/mol. The van der Waals surface area contributed by atoms with Crippen molar-refractivity contribution in [2.24, 2.45) is 5.92 Å². The summed E-state index contributed by atoms with van der Waals surface area (Å²) in [5, 5.41) is 18.2. The van der Waals surface area contributed by atoms with E-state index in [1.807, 2.05) is 0 Å². The van der Waals surface area contributed by atoms with Crippen molar-refractivity contribution in [1.29, 1.82) is 0 Å². The van der Waals surface area contributed by atoms with Crippen LogP contribution in [0.1, 0.15) is 6.92 Å². The third kappa shape index (κ3) is 2.56. The van der Waals surface area contributed by atoms with Gasteiger partial charge in [0.1, 0.15) is 0 Å². The molecule has 0 fully saturated rings. The number of carboxylic acid groups (broad SMARTS) is 1. The van der Waals surface area contributed by atoms with Gasteiger partial charge in [-0.15, -0.1) is 0 Å². The predicted octanol–water partition coefficient (Wildman–Crippen LogP) is 1.12. The van der Waals surface area contributed by atoms with Crippen molar-refractivity contribution in [3.63, 3.8) is 0 Å². The normalized spacial score (nSPS) is 32.6. The lowest BCUT2D eigenvalue weighted by atomic mass is 9.85. The van der Waals surface area contributed by atoms with Crippen molar-refractivity contribution in [3.05, 3.63) is 36.5 Å². The van der Waals surface area contributed by atoms with Crippen LogP contribution in [0.2, 0.25) is 0 Å². The van der Waals surface area contributed by atoms with Crippen LogP contribution < -0.4 is 0 Å². The molecule has 1 aliphatic rings. The molecule has 0 bridgehead atoms. The van der Waals surface area contributed by atoms with Gasteiger partial charge in [0, 0.05) is 12.0 Å². The first-order valence-corrected chi connectivity index (χ1v) is 4.02. The van der Waals surface area contributed by atoms with Gasteiger partial charge in [-0.05, 0) is 6.92 Å². The van der Waals surface area contributed by atoms with Gasteiger partial charge in [0.15, 0.2) is 0 Å². The van der Waals surface area contributed by atoms with Gasteiger partial charge in [-0.2, -0.15) is 0 Å². The number of rotatable bonds is 2.